The van der Waals surface area contributed by atoms with Crippen LogP contribution in [0.4, 0.5) is 0 Å². The molecule has 0 aliphatic rings. The highest BCUT2D eigenvalue weighted by Crippen LogP contribution is 2.09. The SMILES string of the molecule is CC(C)=CC(=O)NCc1ccccc1CC(=O)O. The van der Waals surface area contributed by atoms with Crippen LogP contribution in [0.3, 0.4) is 0 Å². The third-order valence-electron chi connectivity index (χ3n) is 2.33. The van der Waals surface area contributed by atoms with E-state index in [9.17, 15) is 9.59 Å². The lowest BCUT2D eigenvalue weighted by atomic mass is 10.0. The average molecular weight is 247 g/mol. The topological polar surface area (TPSA) is 66.4 Å². The predicted octanol–water partition coefficient (Wildman–Crippen LogP) is 1.90. The van der Waals surface area contributed by atoms with E-state index < -0.39 is 5.97 Å². The highest BCUT2D eigenvalue weighted by molar-refractivity contribution is 5.88. The molecule has 0 aromatic heterocycles. The Morgan fingerprint density at radius 2 is 1.83 bits per heavy atom. The number of carboxylic acids is 1. The fraction of sp³-hybridized carbons (Fsp3) is 0.286. The molecule has 2 N–H and O–H groups in total. The number of carbonyl (C=O) groups excluding carboxylic acids is 1. The molecule has 18 heavy (non-hydrogen) atoms. The van der Waals surface area contributed by atoms with Crippen LogP contribution >= 0.6 is 0 Å². The van der Waals surface area contributed by atoms with E-state index in [-0.39, 0.29) is 12.3 Å². The zero-order valence-corrected chi connectivity index (χ0v) is 10.6. The minimum absolute atomic E-state index is 0.0330. The van der Waals surface area contributed by atoms with Gasteiger partial charge >= 0.3 is 5.97 Å². The Bertz CT molecular complexity index is 474. The molecule has 4 nitrogen and oxygen atoms in total. The van der Waals surface area contributed by atoms with E-state index in [4.69, 9.17) is 5.11 Å². The van der Waals surface area contributed by atoms with Crippen LogP contribution < -0.4 is 5.32 Å². The highest BCUT2D eigenvalue weighted by Gasteiger charge is 2.06. The molecular formula is C14H17NO3. The monoisotopic (exact) mass is 247 g/mol. The fourth-order valence-corrected chi connectivity index (χ4v) is 1.56. The van der Waals surface area contributed by atoms with Gasteiger partial charge < -0.3 is 10.4 Å². The van der Waals surface area contributed by atoms with Crippen molar-refractivity contribution in [3.8, 4) is 0 Å². The molecule has 0 spiro atoms. The summed E-state index contributed by atoms with van der Waals surface area (Å²) >= 11 is 0. The Labute approximate surface area is 106 Å². The molecule has 0 saturated heterocycles. The van der Waals surface area contributed by atoms with Crippen LogP contribution in [-0.4, -0.2) is 17.0 Å². The zero-order valence-electron chi connectivity index (χ0n) is 10.6. The third-order valence-corrected chi connectivity index (χ3v) is 2.33. The number of amides is 1. The normalized spacial score (nSPS) is 9.67. The van der Waals surface area contributed by atoms with E-state index in [1.54, 1.807) is 12.1 Å². The molecule has 0 heterocycles. The quantitative estimate of drug-likeness (QED) is 0.781. The maximum Gasteiger partial charge on any atom is 0.307 e. The summed E-state index contributed by atoms with van der Waals surface area (Å²) in [7, 11) is 0. The van der Waals surface area contributed by atoms with Crippen LogP contribution in [-0.2, 0) is 22.6 Å². The molecule has 0 fully saturated rings. The van der Waals surface area contributed by atoms with Crippen molar-refractivity contribution in [3.63, 3.8) is 0 Å². The van der Waals surface area contributed by atoms with Gasteiger partial charge in [-0.15, -0.1) is 0 Å². The standard InChI is InChI=1S/C14H17NO3/c1-10(2)7-13(16)15-9-12-6-4-3-5-11(12)8-14(17)18/h3-7H,8-9H2,1-2H3,(H,15,16)(H,17,18). The lowest BCUT2D eigenvalue weighted by molar-refractivity contribution is -0.136. The second-order valence-corrected chi connectivity index (χ2v) is 4.28. The number of rotatable bonds is 5. The molecule has 0 bridgehead atoms. The van der Waals surface area contributed by atoms with Crippen LogP contribution in [0, 0.1) is 0 Å². The number of allylic oxidation sites excluding steroid dienone is 1. The summed E-state index contributed by atoms with van der Waals surface area (Å²) in [4.78, 5) is 22.2. The van der Waals surface area contributed by atoms with Crippen molar-refractivity contribution in [2.24, 2.45) is 0 Å². The number of carbonyl (C=O) groups is 2. The van der Waals surface area contributed by atoms with Gasteiger partial charge in [0, 0.05) is 12.6 Å². The Hall–Kier alpha value is -2.10. The van der Waals surface area contributed by atoms with Gasteiger partial charge in [-0.25, -0.2) is 0 Å². The van der Waals surface area contributed by atoms with Crippen molar-refractivity contribution >= 4 is 11.9 Å². The minimum atomic E-state index is -0.877. The van der Waals surface area contributed by atoms with E-state index in [1.165, 1.54) is 6.08 Å². The molecule has 0 aliphatic carbocycles. The Morgan fingerprint density at radius 3 is 2.39 bits per heavy atom. The largest absolute Gasteiger partial charge is 0.481 e. The van der Waals surface area contributed by atoms with Crippen LogP contribution in [0.15, 0.2) is 35.9 Å². The Morgan fingerprint density at radius 1 is 1.22 bits per heavy atom. The molecule has 1 aromatic rings. The molecule has 96 valence electrons. The molecule has 0 saturated carbocycles. The third kappa shape index (κ3) is 4.82. The first kappa shape index (κ1) is 14.0. The van der Waals surface area contributed by atoms with Gasteiger partial charge in [0.25, 0.3) is 0 Å². The number of aliphatic carboxylic acids is 1. The number of nitrogens with one attached hydrogen (secondary N) is 1. The summed E-state index contributed by atoms with van der Waals surface area (Å²) < 4.78 is 0. The highest BCUT2D eigenvalue weighted by atomic mass is 16.4. The summed E-state index contributed by atoms with van der Waals surface area (Å²) in [6.45, 7) is 4.03. The summed E-state index contributed by atoms with van der Waals surface area (Å²) in [5, 5.41) is 11.5. The summed E-state index contributed by atoms with van der Waals surface area (Å²) in [5.41, 5.74) is 2.48. The van der Waals surface area contributed by atoms with Gasteiger partial charge in [0.05, 0.1) is 6.42 Å². The van der Waals surface area contributed by atoms with E-state index in [0.717, 1.165) is 16.7 Å². The molecule has 0 unspecified atom stereocenters. The molecule has 0 radical (unpaired) electrons. The number of hydrogen-bond acceptors (Lipinski definition) is 2. The second-order valence-electron chi connectivity index (χ2n) is 4.28. The molecule has 4 heteroatoms. The first-order valence-electron chi connectivity index (χ1n) is 5.70. The van der Waals surface area contributed by atoms with Crippen molar-refractivity contribution in [2.75, 3.05) is 0 Å². The maximum atomic E-state index is 11.5. The maximum absolute atomic E-state index is 11.5. The molecular weight excluding hydrogens is 230 g/mol. The van der Waals surface area contributed by atoms with E-state index >= 15 is 0 Å². The lowest BCUT2D eigenvalue weighted by Crippen LogP contribution is -2.21. The summed E-state index contributed by atoms with van der Waals surface area (Å²) in [6.07, 6.45) is 1.48. The van der Waals surface area contributed by atoms with Crippen molar-refractivity contribution in [1.29, 1.82) is 0 Å². The number of carboxylic acid groups (broad SMARTS) is 1. The van der Waals surface area contributed by atoms with Gasteiger partial charge in [0.2, 0.25) is 5.91 Å². The van der Waals surface area contributed by atoms with Gasteiger partial charge in [-0.2, -0.15) is 0 Å². The first-order chi connectivity index (χ1) is 8.49. The molecule has 1 amide bonds. The van der Waals surface area contributed by atoms with E-state index in [0.29, 0.717) is 6.54 Å². The Balaban J connectivity index is 2.70. The van der Waals surface area contributed by atoms with Gasteiger partial charge in [-0.3, -0.25) is 9.59 Å². The van der Waals surface area contributed by atoms with Crippen LogP contribution in [0.1, 0.15) is 25.0 Å². The zero-order chi connectivity index (χ0) is 13.5. The van der Waals surface area contributed by atoms with E-state index in [1.807, 2.05) is 26.0 Å². The van der Waals surface area contributed by atoms with Crippen molar-refractivity contribution in [3.05, 3.63) is 47.0 Å². The number of benzene rings is 1. The van der Waals surface area contributed by atoms with Gasteiger partial charge in [-0.1, -0.05) is 29.8 Å². The lowest BCUT2D eigenvalue weighted by Gasteiger charge is -2.08. The van der Waals surface area contributed by atoms with E-state index in [2.05, 4.69) is 5.32 Å². The second kappa shape index (κ2) is 6.59. The first-order valence-corrected chi connectivity index (χ1v) is 5.70. The summed E-state index contributed by atoms with van der Waals surface area (Å²) in [6, 6.07) is 7.20. The Kier molecular flexibility index (Phi) is 5.11. The van der Waals surface area contributed by atoms with Crippen LogP contribution in [0.5, 0.6) is 0 Å². The van der Waals surface area contributed by atoms with Crippen molar-refractivity contribution in [2.45, 2.75) is 26.8 Å². The van der Waals surface area contributed by atoms with Crippen LogP contribution in [0.2, 0.25) is 0 Å². The van der Waals surface area contributed by atoms with Gasteiger partial charge in [-0.05, 0) is 25.0 Å². The van der Waals surface area contributed by atoms with Crippen LogP contribution in [0.25, 0.3) is 0 Å². The fourth-order valence-electron chi connectivity index (χ4n) is 1.56. The van der Waals surface area contributed by atoms with Crippen molar-refractivity contribution in [1.82, 2.24) is 5.32 Å². The van der Waals surface area contributed by atoms with Crippen molar-refractivity contribution < 1.29 is 14.7 Å². The van der Waals surface area contributed by atoms with Gasteiger partial charge in [0.1, 0.15) is 0 Å². The molecule has 0 aliphatic heterocycles. The van der Waals surface area contributed by atoms with Gasteiger partial charge in [0.15, 0.2) is 0 Å². The average Bonchev–Trinajstić information content (AvgIpc) is 2.26. The molecule has 1 aromatic carbocycles. The number of hydrogen-bond donors (Lipinski definition) is 2. The minimum Gasteiger partial charge on any atom is -0.481 e. The molecule has 1 rings (SSSR count). The predicted molar refractivity (Wildman–Crippen MR) is 69.1 cm³/mol. The summed E-state index contributed by atoms with van der Waals surface area (Å²) in [5.74, 6) is -1.04. The smallest absolute Gasteiger partial charge is 0.307 e. The molecule has 0 atom stereocenters.